The average molecular weight is 327 g/mol. The molecule has 6 heteroatoms. The van der Waals surface area contributed by atoms with Gasteiger partial charge in [0.25, 0.3) is 11.8 Å². The highest BCUT2D eigenvalue weighted by atomic mass is 16.3. The molecule has 1 aromatic carbocycles. The second-order valence-corrected chi connectivity index (χ2v) is 6.07. The molecule has 2 N–H and O–H groups in total. The van der Waals surface area contributed by atoms with Crippen LogP contribution in [0.1, 0.15) is 33.4 Å². The monoisotopic (exact) mass is 327 g/mol. The van der Waals surface area contributed by atoms with Crippen LogP contribution in [0, 0.1) is 6.92 Å². The third-order valence-electron chi connectivity index (χ3n) is 4.13. The first kappa shape index (κ1) is 16.3. The SMILES string of the molecule is Cc1ccc(C(=O)N2CCNC(C)C2)cc1NC(=O)c1ccco1. The zero-order chi connectivity index (χ0) is 17.1. The molecular weight excluding hydrogens is 306 g/mol. The Bertz CT molecular complexity index is 740. The Kier molecular flexibility index (Phi) is 4.66. The number of benzene rings is 1. The van der Waals surface area contributed by atoms with Gasteiger partial charge in [-0.2, -0.15) is 0 Å². The molecule has 6 nitrogen and oxygen atoms in total. The summed E-state index contributed by atoms with van der Waals surface area (Å²) in [6.07, 6.45) is 1.45. The van der Waals surface area contributed by atoms with Crippen molar-refractivity contribution in [3.05, 3.63) is 53.5 Å². The third-order valence-corrected chi connectivity index (χ3v) is 4.13. The maximum atomic E-state index is 12.7. The van der Waals surface area contributed by atoms with E-state index >= 15 is 0 Å². The van der Waals surface area contributed by atoms with Crippen molar-refractivity contribution in [1.82, 2.24) is 10.2 Å². The van der Waals surface area contributed by atoms with Crippen LogP contribution in [-0.4, -0.2) is 42.4 Å². The lowest BCUT2D eigenvalue weighted by Crippen LogP contribution is -2.51. The van der Waals surface area contributed by atoms with Crippen molar-refractivity contribution in [2.24, 2.45) is 0 Å². The number of rotatable bonds is 3. The Morgan fingerprint density at radius 2 is 2.17 bits per heavy atom. The largest absolute Gasteiger partial charge is 0.459 e. The van der Waals surface area contributed by atoms with E-state index in [1.54, 1.807) is 24.3 Å². The number of aryl methyl sites for hydroxylation is 1. The molecule has 0 radical (unpaired) electrons. The summed E-state index contributed by atoms with van der Waals surface area (Å²) in [5.41, 5.74) is 2.08. The standard InChI is InChI=1S/C18H21N3O3/c1-12-5-6-14(18(23)21-8-7-19-13(2)11-21)10-15(12)20-17(22)16-4-3-9-24-16/h3-6,9-10,13,19H,7-8,11H2,1-2H3,(H,20,22). The number of nitrogens with zero attached hydrogens (tertiary/aromatic N) is 1. The van der Waals surface area contributed by atoms with Crippen molar-refractivity contribution < 1.29 is 14.0 Å². The molecule has 1 aliphatic rings. The van der Waals surface area contributed by atoms with Gasteiger partial charge in [0.15, 0.2) is 5.76 Å². The maximum Gasteiger partial charge on any atom is 0.291 e. The number of furan rings is 1. The van der Waals surface area contributed by atoms with E-state index in [1.165, 1.54) is 6.26 Å². The lowest BCUT2D eigenvalue weighted by Gasteiger charge is -2.32. The van der Waals surface area contributed by atoms with Crippen molar-refractivity contribution in [3.63, 3.8) is 0 Å². The molecule has 126 valence electrons. The zero-order valence-electron chi connectivity index (χ0n) is 13.8. The van der Waals surface area contributed by atoms with Gasteiger partial charge in [0.2, 0.25) is 0 Å². The van der Waals surface area contributed by atoms with Crippen LogP contribution in [0.25, 0.3) is 0 Å². The summed E-state index contributed by atoms with van der Waals surface area (Å²) in [6, 6.07) is 8.91. The second kappa shape index (κ2) is 6.88. The van der Waals surface area contributed by atoms with Crippen molar-refractivity contribution in [1.29, 1.82) is 0 Å². The fourth-order valence-corrected chi connectivity index (χ4v) is 2.78. The molecular formula is C18H21N3O3. The molecule has 2 aromatic rings. The van der Waals surface area contributed by atoms with Crippen LogP contribution in [0.3, 0.4) is 0 Å². The summed E-state index contributed by atoms with van der Waals surface area (Å²) in [6.45, 7) is 6.11. The van der Waals surface area contributed by atoms with E-state index in [0.29, 0.717) is 24.3 Å². The summed E-state index contributed by atoms with van der Waals surface area (Å²) in [5.74, 6) is -0.109. The molecule has 24 heavy (non-hydrogen) atoms. The van der Waals surface area contributed by atoms with E-state index in [0.717, 1.165) is 12.1 Å². The first-order chi connectivity index (χ1) is 11.5. The lowest BCUT2D eigenvalue weighted by atomic mass is 10.1. The second-order valence-electron chi connectivity index (χ2n) is 6.07. The Morgan fingerprint density at radius 3 is 2.88 bits per heavy atom. The Morgan fingerprint density at radius 1 is 1.33 bits per heavy atom. The van der Waals surface area contributed by atoms with E-state index in [4.69, 9.17) is 4.42 Å². The van der Waals surface area contributed by atoms with E-state index in [2.05, 4.69) is 17.6 Å². The average Bonchev–Trinajstić information content (AvgIpc) is 3.11. The molecule has 2 amide bonds. The number of amides is 2. The smallest absolute Gasteiger partial charge is 0.291 e. The summed E-state index contributed by atoms with van der Waals surface area (Å²) in [7, 11) is 0. The number of hydrogen-bond donors (Lipinski definition) is 2. The van der Waals surface area contributed by atoms with Crippen molar-refractivity contribution >= 4 is 17.5 Å². The van der Waals surface area contributed by atoms with Gasteiger partial charge in [-0.05, 0) is 43.7 Å². The van der Waals surface area contributed by atoms with Gasteiger partial charge >= 0.3 is 0 Å². The van der Waals surface area contributed by atoms with Crippen molar-refractivity contribution in [3.8, 4) is 0 Å². The number of piperazine rings is 1. The summed E-state index contributed by atoms with van der Waals surface area (Å²) in [4.78, 5) is 26.7. The van der Waals surface area contributed by atoms with Crippen LogP contribution < -0.4 is 10.6 Å². The highest BCUT2D eigenvalue weighted by Crippen LogP contribution is 2.20. The van der Waals surface area contributed by atoms with Gasteiger partial charge < -0.3 is 20.0 Å². The number of nitrogens with one attached hydrogen (secondary N) is 2. The van der Waals surface area contributed by atoms with Crippen LogP contribution in [0.5, 0.6) is 0 Å². The fraction of sp³-hybridized carbons (Fsp3) is 0.333. The molecule has 3 rings (SSSR count). The summed E-state index contributed by atoms with van der Waals surface area (Å²) in [5, 5.41) is 6.12. The quantitative estimate of drug-likeness (QED) is 0.907. The molecule has 1 fully saturated rings. The van der Waals surface area contributed by atoms with Gasteiger partial charge in [0.05, 0.1) is 6.26 Å². The predicted octanol–water partition coefficient (Wildman–Crippen LogP) is 2.27. The zero-order valence-corrected chi connectivity index (χ0v) is 13.8. The van der Waals surface area contributed by atoms with Crippen LogP contribution in [0.15, 0.2) is 41.0 Å². The van der Waals surface area contributed by atoms with Gasteiger partial charge in [-0.3, -0.25) is 9.59 Å². The first-order valence-corrected chi connectivity index (χ1v) is 8.03. The van der Waals surface area contributed by atoms with Gasteiger partial charge in [-0.15, -0.1) is 0 Å². The fourth-order valence-electron chi connectivity index (χ4n) is 2.78. The number of hydrogen-bond acceptors (Lipinski definition) is 4. The molecule has 1 aliphatic heterocycles. The molecule has 2 heterocycles. The van der Waals surface area contributed by atoms with Crippen molar-refractivity contribution in [2.45, 2.75) is 19.9 Å². The van der Waals surface area contributed by atoms with Crippen LogP contribution >= 0.6 is 0 Å². The number of carbonyl (C=O) groups excluding carboxylic acids is 2. The molecule has 1 unspecified atom stereocenters. The third kappa shape index (κ3) is 3.49. The Balaban J connectivity index is 1.78. The van der Waals surface area contributed by atoms with E-state index in [-0.39, 0.29) is 23.6 Å². The van der Waals surface area contributed by atoms with Gasteiger partial charge in [-0.25, -0.2) is 0 Å². The number of anilines is 1. The van der Waals surface area contributed by atoms with Gasteiger partial charge in [0.1, 0.15) is 0 Å². The summed E-state index contributed by atoms with van der Waals surface area (Å²) < 4.78 is 5.10. The molecule has 0 spiro atoms. The molecule has 1 saturated heterocycles. The van der Waals surface area contributed by atoms with E-state index in [1.807, 2.05) is 17.9 Å². The van der Waals surface area contributed by atoms with E-state index < -0.39 is 0 Å². The topological polar surface area (TPSA) is 74.6 Å². The highest BCUT2D eigenvalue weighted by molar-refractivity contribution is 6.03. The van der Waals surface area contributed by atoms with Gasteiger partial charge in [-0.1, -0.05) is 6.07 Å². The first-order valence-electron chi connectivity index (χ1n) is 8.03. The highest BCUT2D eigenvalue weighted by Gasteiger charge is 2.22. The Labute approximate surface area is 140 Å². The molecule has 1 aromatic heterocycles. The predicted molar refractivity (Wildman–Crippen MR) is 91.2 cm³/mol. The van der Waals surface area contributed by atoms with E-state index in [9.17, 15) is 9.59 Å². The maximum absolute atomic E-state index is 12.7. The normalized spacial score (nSPS) is 17.6. The van der Waals surface area contributed by atoms with Crippen LogP contribution in [0.2, 0.25) is 0 Å². The van der Waals surface area contributed by atoms with Crippen molar-refractivity contribution in [2.75, 3.05) is 25.0 Å². The summed E-state index contributed by atoms with van der Waals surface area (Å²) >= 11 is 0. The minimum absolute atomic E-state index is 0.0168. The van der Waals surface area contributed by atoms with Crippen LogP contribution in [0.4, 0.5) is 5.69 Å². The number of carbonyl (C=O) groups is 2. The molecule has 0 aliphatic carbocycles. The minimum atomic E-state index is -0.330. The molecule has 0 bridgehead atoms. The Hall–Kier alpha value is -2.60. The molecule has 0 saturated carbocycles. The van der Waals surface area contributed by atoms with Crippen LogP contribution in [-0.2, 0) is 0 Å². The van der Waals surface area contributed by atoms with Gasteiger partial charge in [0, 0.05) is 36.9 Å². The lowest BCUT2D eigenvalue weighted by molar-refractivity contribution is 0.0709. The minimum Gasteiger partial charge on any atom is -0.459 e. The molecule has 1 atom stereocenters.